The van der Waals surface area contributed by atoms with E-state index >= 15 is 0 Å². The van der Waals surface area contributed by atoms with Crippen LogP contribution in [0.25, 0.3) is 10.4 Å². The monoisotopic (exact) mass is 411 g/mol. The van der Waals surface area contributed by atoms with Crippen LogP contribution in [0.4, 0.5) is 0 Å². The Hall–Kier alpha value is -1.91. The molecule has 0 aromatic carbocycles. The highest BCUT2D eigenvalue weighted by atomic mass is 28.4. The SMILES string of the molecule is Cc1cn([C@@H]2C[C@H](OCN=[N+]=[N-])[C@H](CO[Si](C)(C)C(C)(C)C)O2)c(=O)[nH]c1=O. The van der Waals surface area contributed by atoms with Gasteiger partial charge in [-0.05, 0) is 30.6 Å². The van der Waals surface area contributed by atoms with Gasteiger partial charge in [0.2, 0.25) is 0 Å². The average Bonchev–Trinajstić information content (AvgIpc) is 2.98. The predicted octanol–water partition coefficient (Wildman–Crippen LogP) is 2.81. The number of aromatic nitrogens is 2. The van der Waals surface area contributed by atoms with Crippen molar-refractivity contribution in [3.8, 4) is 0 Å². The second-order valence-electron chi connectivity index (χ2n) is 8.48. The normalized spacial score (nSPS) is 22.9. The zero-order valence-electron chi connectivity index (χ0n) is 17.3. The molecule has 2 heterocycles. The van der Waals surface area contributed by atoms with Gasteiger partial charge in [0.05, 0.1) is 12.7 Å². The lowest BCUT2D eigenvalue weighted by molar-refractivity contribution is -0.0588. The van der Waals surface area contributed by atoms with Crippen molar-refractivity contribution in [2.75, 3.05) is 13.3 Å². The van der Waals surface area contributed by atoms with E-state index in [0.29, 0.717) is 18.6 Å². The summed E-state index contributed by atoms with van der Waals surface area (Å²) in [5.74, 6) is 0. The van der Waals surface area contributed by atoms with Crippen LogP contribution in [0.3, 0.4) is 0 Å². The minimum atomic E-state index is -2.00. The first kappa shape index (κ1) is 22.4. The summed E-state index contributed by atoms with van der Waals surface area (Å²) >= 11 is 0. The molecule has 1 N–H and O–H groups in total. The maximum atomic E-state index is 12.2. The van der Waals surface area contributed by atoms with Crippen LogP contribution >= 0.6 is 0 Å². The number of ether oxygens (including phenoxy) is 2. The van der Waals surface area contributed by atoms with Gasteiger partial charge in [-0.3, -0.25) is 14.3 Å². The van der Waals surface area contributed by atoms with Crippen molar-refractivity contribution < 1.29 is 13.9 Å². The molecular weight excluding hydrogens is 382 g/mol. The molecule has 3 atom stereocenters. The Kier molecular flexibility index (Phi) is 6.89. The summed E-state index contributed by atoms with van der Waals surface area (Å²) in [6.07, 6.45) is 0.421. The molecule has 0 aliphatic carbocycles. The fourth-order valence-electron chi connectivity index (χ4n) is 2.66. The van der Waals surface area contributed by atoms with E-state index in [1.54, 1.807) is 6.92 Å². The quantitative estimate of drug-likeness (QED) is 0.319. The number of aryl methyl sites for hydroxylation is 1. The smallest absolute Gasteiger partial charge is 0.330 e. The minimum absolute atomic E-state index is 0.0411. The van der Waals surface area contributed by atoms with Gasteiger partial charge in [0.1, 0.15) is 19.1 Å². The molecule has 1 aliphatic heterocycles. The molecule has 0 amide bonds. The number of hydrogen-bond acceptors (Lipinski definition) is 6. The number of nitrogens with zero attached hydrogens (tertiary/aromatic N) is 4. The van der Waals surface area contributed by atoms with Crippen molar-refractivity contribution in [2.45, 2.75) is 70.7 Å². The Morgan fingerprint density at radius 2 is 2.11 bits per heavy atom. The zero-order chi connectivity index (χ0) is 21.1. The fraction of sp³-hybridized carbons (Fsp3) is 0.765. The Morgan fingerprint density at radius 1 is 1.43 bits per heavy atom. The van der Waals surface area contributed by atoms with Gasteiger partial charge < -0.3 is 13.9 Å². The summed E-state index contributed by atoms with van der Waals surface area (Å²) in [7, 11) is -2.00. The fourth-order valence-corrected chi connectivity index (χ4v) is 3.67. The maximum Gasteiger partial charge on any atom is 0.330 e. The Morgan fingerprint density at radius 3 is 2.71 bits per heavy atom. The minimum Gasteiger partial charge on any atom is -0.414 e. The summed E-state index contributed by atoms with van der Waals surface area (Å²) < 4.78 is 19.3. The van der Waals surface area contributed by atoms with Gasteiger partial charge in [0.25, 0.3) is 5.56 Å². The number of hydrogen-bond donors (Lipinski definition) is 1. The standard InChI is InChI=1S/C17H29N5O5Si/c1-11-8-22(16(24)20-15(11)23)14-7-12(25-10-19-21-18)13(27-14)9-26-28(5,6)17(2,3)4/h8,12-14H,7,9-10H2,1-6H3,(H,20,23,24)/t12-,13-,14-/m0/s1. The van der Waals surface area contributed by atoms with Gasteiger partial charge >= 0.3 is 5.69 Å². The van der Waals surface area contributed by atoms with Gasteiger partial charge in [0.15, 0.2) is 8.32 Å². The third-order valence-corrected chi connectivity index (χ3v) is 9.96. The third kappa shape index (κ3) is 5.12. The Labute approximate surface area is 164 Å². The van der Waals surface area contributed by atoms with Crippen molar-refractivity contribution in [2.24, 2.45) is 5.11 Å². The molecule has 1 saturated heterocycles. The van der Waals surface area contributed by atoms with Gasteiger partial charge in [-0.15, -0.1) is 0 Å². The number of nitrogens with one attached hydrogen (secondary N) is 1. The molecule has 156 valence electrons. The summed E-state index contributed by atoms with van der Waals surface area (Å²) in [4.78, 5) is 28.8. The van der Waals surface area contributed by atoms with Crippen LogP contribution < -0.4 is 11.2 Å². The Balaban J connectivity index is 2.20. The largest absolute Gasteiger partial charge is 0.414 e. The number of azide groups is 1. The molecular formula is C17H29N5O5Si. The second-order valence-corrected chi connectivity index (χ2v) is 13.3. The highest BCUT2D eigenvalue weighted by Crippen LogP contribution is 2.38. The van der Waals surface area contributed by atoms with Crippen LogP contribution in [0.2, 0.25) is 18.1 Å². The van der Waals surface area contributed by atoms with Crippen LogP contribution in [0, 0.1) is 6.92 Å². The van der Waals surface area contributed by atoms with Crippen LogP contribution in [0.1, 0.15) is 39.0 Å². The number of aromatic amines is 1. The van der Waals surface area contributed by atoms with E-state index in [-0.39, 0.29) is 11.8 Å². The molecule has 0 spiro atoms. The van der Waals surface area contributed by atoms with Gasteiger partial charge in [0, 0.05) is 23.1 Å². The first-order valence-corrected chi connectivity index (χ1v) is 12.1. The molecule has 1 aromatic heterocycles. The summed E-state index contributed by atoms with van der Waals surface area (Å²) in [5.41, 5.74) is 7.93. The third-order valence-electron chi connectivity index (χ3n) is 5.46. The van der Waals surface area contributed by atoms with Crippen LogP contribution in [-0.4, -0.2) is 43.4 Å². The molecule has 28 heavy (non-hydrogen) atoms. The van der Waals surface area contributed by atoms with E-state index in [1.165, 1.54) is 10.8 Å². The first-order valence-electron chi connectivity index (χ1n) is 9.20. The van der Waals surface area contributed by atoms with Gasteiger partial charge in [-0.2, -0.15) is 0 Å². The summed E-state index contributed by atoms with van der Waals surface area (Å²) in [6.45, 7) is 12.5. The first-order chi connectivity index (χ1) is 13.0. The van der Waals surface area contributed by atoms with Gasteiger partial charge in [-0.1, -0.05) is 25.9 Å². The molecule has 10 nitrogen and oxygen atoms in total. The lowest BCUT2D eigenvalue weighted by Gasteiger charge is -2.37. The van der Waals surface area contributed by atoms with Gasteiger partial charge in [-0.25, -0.2) is 4.79 Å². The number of rotatable bonds is 7. The van der Waals surface area contributed by atoms with E-state index in [9.17, 15) is 9.59 Å². The Bertz CT molecular complexity index is 853. The molecule has 11 heteroatoms. The predicted molar refractivity (Wildman–Crippen MR) is 107 cm³/mol. The molecule has 0 bridgehead atoms. The molecule has 1 fully saturated rings. The zero-order valence-corrected chi connectivity index (χ0v) is 18.3. The van der Waals surface area contributed by atoms with E-state index in [2.05, 4.69) is 48.9 Å². The van der Waals surface area contributed by atoms with Crippen LogP contribution in [-0.2, 0) is 13.9 Å². The number of H-pyrrole nitrogens is 1. The highest BCUT2D eigenvalue weighted by Gasteiger charge is 2.42. The molecule has 2 rings (SSSR count). The van der Waals surface area contributed by atoms with E-state index < -0.39 is 38.0 Å². The molecule has 1 aliphatic rings. The second kappa shape index (κ2) is 8.62. The van der Waals surface area contributed by atoms with Crippen molar-refractivity contribution in [3.05, 3.63) is 43.0 Å². The average molecular weight is 412 g/mol. The molecule has 1 aromatic rings. The van der Waals surface area contributed by atoms with Crippen molar-refractivity contribution >= 4 is 8.32 Å². The van der Waals surface area contributed by atoms with Crippen LogP contribution in [0.5, 0.6) is 0 Å². The van der Waals surface area contributed by atoms with E-state index in [4.69, 9.17) is 19.4 Å². The highest BCUT2D eigenvalue weighted by molar-refractivity contribution is 6.74. The molecule has 0 saturated carbocycles. The maximum absolute atomic E-state index is 12.2. The lowest BCUT2D eigenvalue weighted by atomic mass is 10.2. The van der Waals surface area contributed by atoms with E-state index in [1.807, 2.05) is 0 Å². The lowest BCUT2D eigenvalue weighted by Crippen LogP contribution is -2.44. The van der Waals surface area contributed by atoms with E-state index in [0.717, 1.165) is 0 Å². The molecule has 0 radical (unpaired) electrons. The summed E-state index contributed by atoms with van der Waals surface area (Å²) in [5, 5.41) is 3.45. The van der Waals surface area contributed by atoms with Crippen molar-refractivity contribution in [3.63, 3.8) is 0 Å². The summed E-state index contributed by atoms with van der Waals surface area (Å²) in [6, 6.07) is 0. The molecule has 0 unspecified atom stereocenters. The van der Waals surface area contributed by atoms with Crippen molar-refractivity contribution in [1.29, 1.82) is 0 Å². The van der Waals surface area contributed by atoms with Crippen molar-refractivity contribution in [1.82, 2.24) is 9.55 Å². The topological polar surface area (TPSA) is 131 Å². The van der Waals surface area contributed by atoms with Crippen LogP contribution in [0.15, 0.2) is 20.9 Å².